The molecule has 0 saturated carbocycles. The second kappa shape index (κ2) is 12.7. The molecule has 7 aromatic heterocycles. The van der Waals surface area contributed by atoms with Gasteiger partial charge >= 0.3 is 0 Å². The van der Waals surface area contributed by atoms with Crippen molar-refractivity contribution in [1.82, 2.24) is 39.9 Å². The minimum absolute atomic E-state index is 0. The summed E-state index contributed by atoms with van der Waals surface area (Å²) in [4.78, 5) is 35.2. The zero-order chi connectivity index (χ0) is 31.9. The molecule has 0 unspecified atom stereocenters. The molecule has 2 aliphatic heterocycles. The van der Waals surface area contributed by atoms with Crippen LogP contribution in [0.2, 0.25) is 0 Å². The summed E-state index contributed by atoms with van der Waals surface area (Å²) in [6.45, 7) is 0. The molecule has 9 heteroatoms. The first kappa shape index (κ1) is 30.1. The van der Waals surface area contributed by atoms with E-state index < -0.39 is 0 Å². The van der Waals surface area contributed by atoms with Crippen LogP contribution in [-0.2, 0) is 17.1 Å². The van der Waals surface area contributed by atoms with Crippen LogP contribution in [-0.4, -0.2) is 39.9 Å². The first-order valence-corrected chi connectivity index (χ1v) is 15.6. The third kappa shape index (κ3) is 5.47. The number of nitrogens with one attached hydrogen (secondary N) is 2. The number of hydrogen-bond donors (Lipinski definition) is 2. The van der Waals surface area contributed by atoms with Crippen molar-refractivity contribution in [3.05, 3.63) is 145 Å². The van der Waals surface area contributed by atoms with Gasteiger partial charge in [-0.05, 0) is 119 Å². The van der Waals surface area contributed by atoms with Gasteiger partial charge in [-0.25, -0.2) is 9.97 Å². The molecule has 2 N–H and O–H groups in total. The van der Waals surface area contributed by atoms with Crippen LogP contribution in [0, 0.1) is 0 Å². The molecule has 1 radical (unpaired) electrons. The topological polar surface area (TPSA) is 109 Å². The van der Waals surface area contributed by atoms with E-state index in [2.05, 4.69) is 78.5 Å². The van der Waals surface area contributed by atoms with Gasteiger partial charge in [-0.1, -0.05) is 0 Å². The Morgan fingerprint density at radius 3 is 0.755 bits per heavy atom. The summed E-state index contributed by atoms with van der Waals surface area (Å²) in [6, 6.07) is 24.6. The minimum Gasteiger partial charge on any atom is -0.354 e. The number of nitrogens with zero attached hydrogens (tertiary/aromatic N) is 6. The van der Waals surface area contributed by atoms with Crippen molar-refractivity contribution in [1.29, 1.82) is 0 Å². The monoisotopic (exact) mass is 681 g/mol. The van der Waals surface area contributed by atoms with Crippen LogP contribution < -0.4 is 0 Å². The molecule has 0 spiro atoms. The second-order valence-corrected chi connectivity index (χ2v) is 11.4. The van der Waals surface area contributed by atoms with Crippen molar-refractivity contribution in [2.45, 2.75) is 0 Å². The van der Waals surface area contributed by atoms with Crippen molar-refractivity contribution in [2.24, 2.45) is 0 Å². The van der Waals surface area contributed by atoms with E-state index in [1.54, 1.807) is 0 Å². The Kier molecular flexibility index (Phi) is 7.81. The first-order chi connectivity index (χ1) is 23.8. The molecule has 8 bridgehead atoms. The number of pyridine rings is 4. The van der Waals surface area contributed by atoms with Gasteiger partial charge in [0.25, 0.3) is 0 Å². The van der Waals surface area contributed by atoms with Crippen molar-refractivity contribution < 1.29 is 17.1 Å². The zero-order valence-electron chi connectivity index (χ0n) is 25.8. The van der Waals surface area contributed by atoms with Crippen LogP contribution in [0.25, 0.3) is 90.9 Å². The molecule has 7 aromatic rings. The molecule has 0 amide bonds. The maximum Gasteiger partial charge on any atom is 0.0737 e. The second-order valence-electron chi connectivity index (χ2n) is 11.4. The molecule has 2 aliphatic rings. The largest absolute Gasteiger partial charge is 0.354 e. The zero-order valence-corrected chi connectivity index (χ0v) is 26.8. The fourth-order valence-corrected chi connectivity index (χ4v) is 6.49. The number of fused-ring (bicyclic) bond motifs is 8. The fraction of sp³-hybridized carbons (Fsp3) is 0. The Morgan fingerprint density at radius 1 is 0.306 bits per heavy atom. The summed E-state index contributed by atoms with van der Waals surface area (Å²) in [5, 5.41) is 0. The maximum absolute atomic E-state index is 5.29. The molecule has 0 aliphatic carbocycles. The van der Waals surface area contributed by atoms with Gasteiger partial charge in [0.1, 0.15) is 0 Å². The van der Waals surface area contributed by atoms with Crippen molar-refractivity contribution >= 4 is 46.4 Å². The molecule has 237 valence electrons. The Labute approximate surface area is 292 Å². The van der Waals surface area contributed by atoms with E-state index in [4.69, 9.17) is 9.97 Å². The normalized spacial score (nSPS) is 11.8. The Bertz CT molecular complexity index is 2190. The molecule has 0 fully saturated rings. The van der Waals surface area contributed by atoms with Gasteiger partial charge in [-0.15, -0.1) is 0 Å². The average Bonchev–Trinajstić information content (AvgIpc) is 3.98. The molecule has 0 aromatic carbocycles. The quantitative estimate of drug-likeness (QED) is 0.180. The van der Waals surface area contributed by atoms with Gasteiger partial charge < -0.3 is 9.97 Å². The van der Waals surface area contributed by atoms with Gasteiger partial charge in [-0.2, -0.15) is 0 Å². The van der Waals surface area contributed by atoms with Crippen molar-refractivity contribution in [3.63, 3.8) is 0 Å². The molecular weight excluding hydrogens is 656 g/mol. The smallest absolute Gasteiger partial charge is 0.0737 e. The summed E-state index contributed by atoms with van der Waals surface area (Å²) >= 11 is 0. The molecule has 8 nitrogen and oxygen atoms in total. The van der Waals surface area contributed by atoms with E-state index in [-0.39, 0.29) is 17.1 Å². The van der Waals surface area contributed by atoms with Crippen LogP contribution >= 0.6 is 0 Å². The number of aromatic nitrogens is 8. The van der Waals surface area contributed by atoms with Crippen molar-refractivity contribution in [3.8, 4) is 44.5 Å². The van der Waals surface area contributed by atoms with Crippen LogP contribution in [0.1, 0.15) is 22.8 Å². The standard InChI is InChI=1S/C40H26N8.Cu/c1-2-30-38(26-11-19-42-20-12-26)32-5-6-34(47-32)40(28-15-23-44-24-16-28)36-8-7-35(48-36)39(27-13-21-43-22-14-27)33-4-3-31(46-33)37(29(1)45-30)25-9-17-41-18-10-25;/h1-24,45,48H;. The fourth-order valence-electron chi connectivity index (χ4n) is 6.49. The van der Waals surface area contributed by atoms with Gasteiger partial charge in [0, 0.05) is 111 Å². The molecule has 0 atom stereocenters. The Hall–Kier alpha value is -6.28. The van der Waals surface area contributed by atoms with E-state index >= 15 is 0 Å². The van der Waals surface area contributed by atoms with E-state index in [9.17, 15) is 0 Å². The van der Waals surface area contributed by atoms with Gasteiger partial charge in [0.2, 0.25) is 0 Å². The van der Waals surface area contributed by atoms with E-state index in [0.29, 0.717) is 0 Å². The Morgan fingerprint density at radius 2 is 0.531 bits per heavy atom. The predicted molar refractivity (Wildman–Crippen MR) is 192 cm³/mol. The Balaban J connectivity index is 0.00000348. The summed E-state index contributed by atoms with van der Waals surface area (Å²) in [7, 11) is 0. The van der Waals surface area contributed by atoms with Gasteiger partial charge in [-0.3, -0.25) is 19.9 Å². The summed E-state index contributed by atoms with van der Waals surface area (Å²) < 4.78 is 0. The van der Waals surface area contributed by atoms with E-state index in [0.717, 1.165) is 89.4 Å². The summed E-state index contributed by atoms with van der Waals surface area (Å²) in [5.74, 6) is 0. The number of aromatic amines is 2. The van der Waals surface area contributed by atoms with Crippen molar-refractivity contribution in [2.75, 3.05) is 0 Å². The SMILES string of the molecule is C1=Cc2nc1c(-c1ccncc1)c1ccc([nH]1)c(-c1ccncc1)c1nc(c(-c3ccncc3)c3ccc([nH]3)c2-c2ccncc2)C=C1.[Cu]. The van der Waals surface area contributed by atoms with Gasteiger partial charge in [0.15, 0.2) is 0 Å². The van der Waals surface area contributed by atoms with Gasteiger partial charge in [0.05, 0.1) is 22.8 Å². The molecule has 0 saturated heterocycles. The molecule has 9 rings (SSSR count). The number of hydrogen-bond acceptors (Lipinski definition) is 6. The summed E-state index contributed by atoms with van der Waals surface area (Å²) in [6.07, 6.45) is 22.8. The van der Waals surface area contributed by atoms with E-state index in [1.165, 1.54) is 0 Å². The van der Waals surface area contributed by atoms with Crippen LogP contribution in [0.5, 0.6) is 0 Å². The number of rotatable bonds is 4. The summed E-state index contributed by atoms with van der Waals surface area (Å²) in [5.41, 5.74) is 15.0. The molecule has 9 heterocycles. The molecular formula is C40H26CuN8. The first-order valence-electron chi connectivity index (χ1n) is 15.6. The molecule has 49 heavy (non-hydrogen) atoms. The predicted octanol–water partition coefficient (Wildman–Crippen LogP) is 8.90. The van der Waals surface area contributed by atoms with Crippen LogP contribution in [0.4, 0.5) is 0 Å². The van der Waals surface area contributed by atoms with Crippen LogP contribution in [0.3, 0.4) is 0 Å². The maximum atomic E-state index is 5.29. The van der Waals surface area contributed by atoms with Crippen LogP contribution in [0.15, 0.2) is 122 Å². The van der Waals surface area contributed by atoms with E-state index in [1.807, 2.05) is 98.1 Å². The third-order valence-electron chi connectivity index (χ3n) is 8.63. The number of H-pyrrole nitrogens is 2. The minimum atomic E-state index is 0. The third-order valence-corrected chi connectivity index (χ3v) is 8.63. The average molecular weight is 682 g/mol.